The minimum absolute atomic E-state index is 0.00261. The quantitative estimate of drug-likeness (QED) is 0.721. The largest absolute Gasteiger partial charge is 0.340 e. The van der Waals surface area contributed by atoms with Crippen LogP contribution in [0.15, 0.2) is 48.5 Å². The first kappa shape index (κ1) is 16.2. The molecule has 5 heteroatoms. The SMILES string of the molecule is CCc1nc2ccccc2n1CC(=O)N(C)Cc1ccc(F)cc1. The minimum Gasteiger partial charge on any atom is -0.340 e. The van der Waals surface area contributed by atoms with Crippen molar-refractivity contribution < 1.29 is 9.18 Å². The number of aromatic nitrogens is 2. The topological polar surface area (TPSA) is 38.1 Å². The molecular formula is C19H20FN3O. The zero-order valence-electron chi connectivity index (χ0n) is 13.9. The van der Waals surface area contributed by atoms with Crippen LogP contribution in [0.4, 0.5) is 4.39 Å². The van der Waals surface area contributed by atoms with E-state index in [9.17, 15) is 9.18 Å². The van der Waals surface area contributed by atoms with Crippen molar-refractivity contribution in [2.45, 2.75) is 26.4 Å². The van der Waals surface area contributed by atoms with Crippen molar-refractivity contribution in [3.05, 3.63) is 65.7 Å². The van der Waals surface area contributed by atoms with Gasteiger partial charge in [0.25, 0.3) is 0 Å². The van der Waals surface area contributed by atoms with Gasteiger partial charge < -0.3 is 9.47 Å². The molecule has 0 bridgehead atoms. The first-order chi connectivity index (χ1) is 11.6. The van der Waals surface area contributed by atoms with Gasteiger partial charge in [-0.15, -0.1) is 0 Å². The van der Waals surface area contributed by atoms with E-state index in [0.29, 0.717) is 6.54 Å². The van der Waals surface area contributed by atoms with Crippen molar-refractivity contribution in [2.75, 3.05) is 7.05 Å². The third-order valence-electron chi connectivity index (χ3n) is 4.10. The van der Waals surface area contributed by atoms with E-state index >= 15 is 0 Å². The standard InChI is InChI=1S/C19H20FN3O/c1-3-18-21-16-6-4-5-7-17(16)23(18)13-19(24)22(2)12-14-8-10-15(20)11-9-14/h4-11H,3,12-13H2,1-2H3. The lowest BCUT2D eigenvalue weighted by Crippen LogP contribution is -2.30. The maximum absolute atomic E-state index is 13.0. The van der Waals surface area contributed by atoms with Crippen LogP contribution >= 0.6 is 0 Å². The van der Waals surface area contributed by atoms with Crippen LogP contribution in [0.2, 0.25) is 0 Å². The second-order valence-corrected chi connectivity index (χ2v) is 5.83. The number of carbonyl (C=O) groups is 1. The molecule has 0 unspecified atom stereocenters. The van der Waals surface area contributed by atoms with Crippen molar-refractivity contribution in [3.63, 3.8) is 0 Å². The molecule has 24 heavy (non-hydrogen) atoms. The number of para-hydroxylation sites is 2. The van der Waals surface area contributed by atoms with Gasteiger partial charge in [0.15, 0.2) is 0 Å². The number of rotatable bonds is 5. The van der Waals surface area contributed by atoms with E-state index in [1.54, 1.807) is 24.1 Å². The average molecular weight is 325 g/mol. The molecule has 1 amide bonds. The zero-order valence-corrected chi connectivity index (χ0v) is 13.9. The summed E-state index contributed by atoms with van der Waals surface area (Å²) in [5.74, 6) is 0.627. The number of halogens is 1. The number of benzene rings is 2. The molecule has 0 aliphatic carbocycles. The number of nitrogens with zero attached hydrogens (tertiary/aromatic N) is 3. The van der Waals surface area contributed by atoms with Gasteiger partial charge in [0.05, 0.1) is 11.0 Å². The molecule has 4 nitrogen and oxygen atoms in total. The van der Waals surface area contributed by atoms with Gasteiger partial charge in [-0.2, -0.15) is 0 Å². The Morgan fingerprint density at radius 3 is 2.58 bits per heavy atom. The summed E-state index contributed by atoms with van der Waals surface area (Å²) in [5, 5.41) is 0. The molecular weight excluding hydrogens is 305 g/mol. The van der Waals surface area contributed by atoms with Gasteiger partial charge in [0.2, 0.25) is 5.91 Å². The lowest BCUT2D eigenvalue weighted by Gasteiger charge is -2.18. The van der Waals surface area contributed by atoms with Crippen molar-refractivity contribution in [1.82, 2.24) is 14.5 Å². The van der Waals surface area contributed by atoms with Gasteiger partial charge in [-0.3, -0.25) is 4.79 Å². The van der Waals surface area contributed by atoms with Crippen molar-refractivity contribution in [3.8, 4) is 0 Å². The van der Waals surface area contributed by atoms with E-state index in [0.717, 1.165) is 28.8 Å². The maximum Gasteiger partial charge on any atom is 0.242 e. The molecule has 0 aliphatic heterocycles. The van der Waals surface area contributed by atoms with E-state index in [1.165, 1.54) is 12.1 Å². The van der Waals surface area contributed by atoms with Crippen molar-refractivity contribution in [1.29, 1.82) is 0 Å². The van der Waals surface area contributed by atoms with Crippen LogP contribution in [-0.2, 0) is 24.3 Å². The maximum atomic E-state index is 13.0. The fraction of sp³-hybridized carbons (Fsp3) is 0.263. The van der Waals surface area contributed by atoms with Gasteiger partial charge in [0.1, 0.15) is 18.2 Å². The molecule has 0 saturated carbocycles. The number of likely N-dealkylation sites (N-methyl/N-ethyl adjacent to an activating group) is 1. The summed E-state index contributed by atoms with van der Waals surface area (Å²) in [7, 11) is 1.76. The summed E-state index contributed by atoms with van der Waals surface area (Å²) in [6.45, 7) is 2.74. The Kier molecular flexibility index (Phi) is 4.60. The summed E-state index contributed by atoms with van der Waals surface area (Å²) in [5.41, 5.74) is 2.78. The third kappa shape index (κ3) is 3.30. The lowest BCUT2D eigenvalue weighted by molar-refractivity contribution is -0.131. The van der Waals surface area contributed by atoms with Gasteiger partial charge in [-0.05, 0) is 29.8 Å². The van der Waals surface area contributed by atoms with Gasteiger partial charge in [0, 0.05) is 20.0 Å². The Labute approximate surface area is 140 Å². The van der Waals surface area contributed by atoms with Crippen molar-refractivity contribution in [2.24, 2.45) is 0 Å². The smallest absolute Gasteiger partial charge is 0.242 e. The van der Waals surface area contributed by atoms with Crippen LogP contribution in [0.25, 0.3) is 11.0 Å². The van der Waals surface area contributed by atoms with E-state index in [-0.39, 0.29) is 18.3 Å². The number of hydrogen-bond acceptors (Lipinski definition) is 2. The fourth-order valence-electron chi connectivity index (χ4n) is 2.78. The summed E-state index contributed by atoms with van der Waals surface area (Å²) >= 11 is 0. The Morgan fingerprint density at radius 1 is 1.17 bits per heavy atom. The average Bonchev–Trinajstić information content (AvgIpc) is 2.94. The molecule has 0 atom stereocenters. The highest BCUT2D eigenvalue weighted by Crippen LogP contribution is 2.17. The fourth-order valence-corrected chi connectivity index (χ4v) is 2.78. The van der Waals surface area contributed by atoms with Gasteiger partial charge in [-0.25, -0.2) is 9.37 Å². The second-order valence-electron chi connectivity index (χ2n) is 5.83. The van der Waals surface area contributed by atoms with Gasteiger partial charge >= 0.3 is 0 Å². The molecule has 0 aliphatic rings. The molecule has 0 fully saturated rings. The Hall–Kier alpha value is -2.69. The number of hydrogen-bond donors (Lipinski definition) is 0. The molecule has 0 spiro atoms. The van der Waals surface area contributed by atoms with Crippen LogP contribution < -0.4 is 0 Å². The molecule has 124 valence electrons. The summed E-state index contributed by atoms with van der Waals surface area (Å²) < 4.78 is 14.9. The minimum atomic E-state index is -0.273. The highest BCUT2D eigenvalue weighted by molar-refractivity contribution is 5.81. The van der Waals surface area contributed by atoms with Crippen LogP contribution in [0, 0.1) is 5.82 Å². The van der Waals surface area contributed by atoms with Crippen LogP contribution in [0.3, 0.4) is 0 Å². The van der Waals surface area contributed by atoms with Crippen LogP contribution in [0.5, 0.6) is 0 Å². The Bertz CT molecular complexity index is 855. The molecule has 3 aromatic rings. The molecule has 0 saturated heterocycles. The van der Waals surface area contributed by atoms with E-state index in [4.69, 9.17) is 0 Å². The Morgan fingerprint density at radius 2 is 1.88 bits per heavy atom. The van der Waals surface area contributed by atoms with E-state index in [1.807, 2.05) is 35.8 Å². The predicted octanol–water partition coefficient (Wildman–Crippen LogP) is 3.40. The van der Waals surface area contributed by atoms with Crippen molar-refractivity contribution >= 4 is 16.9 Å². The van der Waals surface area contributed by atoms with Crippen LogP contribution in [0.1, 0.15) is 18.3 Å². The summed E-state index contributed by atoms with van der Waals surface area (Å²) in [6, 6.07) is 14.0. The highest BCUT2D eigenvalue weighted by Gasteiger charge is 2.15. The van der Waals surface area contributed by atoms with E-state index in [2.05, 4.69) is 4.98 Å². The number of fused-ring (bicyclic) bond motifs is 1. The number of carbonyl (C=O) groups excluding carboxylic acids is 1. The zero-order chi connectivity index (χ0) is 17.1. The predicted molar refractivity (Wildman–Crippen MR) is 92.0 cm³/mol. The Balaban J connectivity index is 1.77. The molecule has 0 N–H and O–H groups in total. The normalized spacial score (nSPS) is 11.0. The number of imidazole rings is 1. The lowest BCUT2D eigenvalue weighted by atomic mass is 10.2. The monoisotopic (exact) mass is 325 g/mol. The van der Waals surface area contributed by atoms with E-state index < -0.39 is 0 Å². The third-order valence-corrected chi connectivity index (χ3v) is 4.10. The molecule has 2 aromatic carbocycles. The molecule has 1 aromatic heterocycles. The summed E-state index contributed by atoms with van der Waals surface area (Å²) in [4.78, 5) is 18.8. The first-order valence-electron chi connectivity index (χ1n) is 8.01. The molecule has 0 radical (unpaired) electrons. The molecule has 1 heterocycles. The number of amides is 1. The molecule has 3 rings (SSSR count). The first-order valence-corrected chi connectivity index (χ1v) is 8.01. The number of aryl methyl sites for hydroxylation is 1. The van der Waals surface area contributed by atoms with Gasteiger partial charge in [-0.1, -0.05) is 31.2 Å². The van der Waals surface area contributed by atoms with Crippen LogP contribution in [-0.4, -0.2) is 27.4 Å². The second kappa shape index (κ2) is 6.83. The highest BCUT2D eigenvalue weighted by atomic mass is 19.1. The summed E-state index contributed by atoms with van der Waals surface area (Å²) in [6.07, 6.45) is 0.767.